The van der Waals surface area contributed by atoms with Crippen LogP contribution in [0, 0.1) is 0 Å². The van der Waals surface area contributed by atoms with Gasteiger partial charge in [-0.15, -0.1) is 0 Å². The van der Waals surface area contributed by atoms with E-state index >= 15 is 0 Å². The van der Waals surface area contributed by atoms with Crippen LogP contribution in [-0.4, -0.2) is 153 Å². The molecule has 24 heteroatoms. The summed E-state index contributed by atoms with van der Waals surface area (Å²) in [6, 6.07) is 0. The van der Waals surface area contributed by atoms with Crippen LogP contribution < -0.4 is 0 Å². The highest BCUT2D eigenvalue weighted by molar-refractivity contribution is 7.90. The number of quaternary nitrogens is 1. The Morgan fingerprint density at radius 2 is 0.857 bits per heavy atom. The standard InChI is InChI=1S/C13H25F6N2O2S.C12H22F6N2O2S.H2O2/c1-6-21(5,7-2)10-8-9-20(4)24(22,23)13(18,19)12(16,17)11(3,14)15;1-5-20(6-2)9-7-8-19(4)23(21,22)12(17,18)11(15,16)10(3,13)14;1-2/h6-10H2,1-5H3;5-9H2,1-4H3;1-2H/q+1;;. The zero-order chi connectivity index (χ0) is 40.3. The van der Waals surface area contributed by atoms with Crippen LogP contribution >= 0.6 is 0 Å². The van der Waals surface area contributed by atoms with Gasteiger partial charge in [-0.1, -0.05) is 13.8 Å². The largest absolute Gasteiger partial charge is 0.427 e. The molecule has 0 fully saturated rings. The molecule has 0 spiro atoms. The first kappa shape index (κ1) is 52.2. The van der Waals surface area contributed by atoms with Crippen molar-refractivity contribution in [2.45, 2.75) is 88.6 Å². The van der Waals surface area contributed by atoms with Crippen LogP contribution in [0.1, 0.15) is 54.4 Å². The van der Waals surface area contributed by atoms with Crippen LogP contribution in [-0.2, 0) is 20.0 Å². The van der Waals surface area contributed by atoms with Crippen LogP contribution in [0.3, 0.4) is 0 Å². The predicted molar refractivity (Wildman–Crippen MR) is 159 cm³/mol. The quantitative estimate of drug-likeness (QED) is 0.0684. The molecule has 49 heavy (non-hydrogen) atoms. The van der Waals surface area contributed by atoms with Gasteiger partial charge < -0.3 is 9.38 Å². The summed E-state index contributed by atoms with van der Waals surface area (Å²) in [5, 5.41) is 0.170. The minimum absolute atomic E-state index is 0.00382. The summed E-state index contributed by atoms with van der Waals surface area (Å²) in [6.07, 6.45) is 0.222. The van der Waals surface area contributed by atoms with Crippen molar-refractivity contribution in [2.75, 3.05) is 73.5 Å². The van der Waals surface area contributed by atoms with Crippen LogP contribution in [0.5, 0.6) is 0 Å². The highest BCUT2D eigenvalue weighted by Crippen LogP contribution is 2.50. The molecule has 300 valence electrons. The molecule has 0 aliphatic rings. The zero-order valence-electron chi connectivity index (χ0n) is 28.7. The third-order valence-corrected chi connectivity index (χ3v) is 11.7. The molecule has 0 aliphatic heterocycles. The van der Waals surface area contributed by atoms with Gasteiger partial charge in [0.1, 0.15) is 0 Å². The summed E-state index contributed by atoms with van der Waals surface area (Å²) in [6.45, 7) is 9.10. The van der Waals surface area contributed by atoms with Gasteiger partial charge in [0.15, 0.2) is 0 Å². The smallest absolute Gasteiger partial charge is 0.326 e. The summed E-state index contributed by atoms with van der Waals surface area (Å²) in [5.74, 6) is -22.4. The van der Waals surface area contributed by atoms with Crippen molar-refractivity contribution in [2.24, 2.45) is 0 Å². The second-order valence-electron chi connectivity index (χ2n) is 11.3. The summed E-state index contributed by atoms with van der Waals surface area (Å²) >= 11 is 0. The molecule has 10 nitrogen and oxygen atoms in total. The van der Waals surface area contributed by atoms with E-state index in [1.54, 1.807) is 0 Å². The third-order valence-electron chi connectivity index (χ3n) is 7.84. The lowest BCUT2D eigenvalue weighted by atomic mass is 10.2. The van der Waals surface area contributed by atoms with E-state index in [9.17, 15) is 69.5 Å². The minimum atomic E-state index is -6.02. The number of alkyl halides is 12. The number of hydrogen-bond acceptors (Lipinski definition) is 7. The van der Waals surface area contributed by atoms with Gasteiger partial charge in [-0.25, -0.2) is 16.8 Å². The lowest BCUT2D eigenvalue weighted by Gasteiger charge is -2.34. The van der Waals surface area contributed by atoms with Crippen LogP contribution in [0.4, 0.5) is 52.7 Å². The maximum Gasteiger partial charge on any atom is 0.427 e. The fourth-order valence-electron chi connectivity index (χ4n) is 3.74. The van der Waals surface area contributed by atoms with Crippen molar-refractivity contribution in [1.82, 2.24) is 13.5 Å². The van der Waals surface area contributed by atoms with Gasteiger partial charge in [-0.2, -0.15) is 61.3 Å². The maximum absolute atomic E-state index is 13.7. The molecule has 0 bridgehead atoms. The average Bonchev–Trinajstić information content (AvgIpc) is 2.98. The Hall–Kier alpha value is -1.18. The first-order valence-electron chi connectivity index (χ1n) is 14.6. The van der Waals surface area contributed by atoms with Gasteiger partial charge in [0.2, 0.25) is 0 Å². The van der Waals surface area contributed by atoms with E-state index in [0.29, 0.717) is 57.8 Å². The summed E-state index contributed by atoms with van der Waals surface area (Å²) in [7, 11) is -8.68. The molecule has 0 amide bonds. The Labute approximate surface area is 280 Å². The fraction of sp³-hybridized carbons (Fsp3) is 1.00. The molecule has 0 aromatic heterocycles. The maximum atomic E-state index is 13.7. The van der Waals surface area contributed by atoms with Gasteiger partial charge in [0.25, 0.3) is 20.0 Å². The van der Waals surface area contributed by atoms with E-state index in [1.807, 2.05) is 39.6 Å². The Kier molecular flexibility index (Phi) is 20.3. The average molecular weight is 794 g/mol. The molecule has 0 saturated heterocycles. The molecule has 0 radical (unpaired) electrons. The zero-order valence-corrected chi connectivity index (χ0v) is 30.4. The monoisotopic (exact) mass is 793 g/mol. The van der Waals surface area contributed by atoms with Crippen molar-refractivity contribution >= 4 is 20.0 Å². The van der Waals surface area contributed by atoms with Crippen molar-refractivity contribution in [3.8, 4) is 0 Å². The first-order valence-corrected chi connectivity index (χ1v) is 17.5. The first-order chi connectivity index (χ1) is 21.7. The summed E-state index contributed by atoms with van der Waals surface area (Å²) < 4.78 is 206. The van der Waals surface area contributed by atoms with Crippen molar-refractivity contribution in [1.29, 1.82) is 0 Å². The Bertz CT molecular complexity index is 1180. The second kappa shape index (κ2) is 19.1. The van der Waals surface area contributed by atoms with E-state index in [2.05, 4.69) is 0 Å². The van der Waals surface area contributed by atoms with Gasteiger partial charge in [0.05, 0.1) is 26.7 Å². The Morgan fingerprint density at radius 1 is 0.571 bits per heavy atom. The van der Waals surface area contributed by atoms with E-state index in [-0.39, 0.29) is 21.5 Å². The molecule has 0 unspecified atom stereocenters. The second-order valence-corrected chi connectivity index (χ2v) is 15.5. The topological polar surface area (TPSA) is 118 Å². The lowest BCUT2D eigenvalue weighted by Crippen LogP contribution is -2.59. The van der Waals surface area contributed by atoms with Crippen molar-refractivity contribution in [3.05, 3.63) is 0 Å². The summed E-state index contributed by atoms with van der Waals surface area (Å²) in [5.41, 5.74) is 0. The SMILES string of the molecule is CCN(CC)CCCN(C)S(=O)(=O)C(F)(F)C(F)(F)C(C)(F)F.CC[N+](C)(CC)CCCN(C)S(=O)(=O)C(F)(F)C(F)(F)C(C)(F)F.OO. The van der Waals surface area contributed by atoms with E-state index in [0.717, 1.165) is 0 Å². The number of hydrogen-bond donors (Lipinski definition) is 2. The van der Waals surface area contributed by atoms with Gasteiger partial charge in [0, 0.05) is 47.5 Å². The minimum Gasteiger partial charge on any atom is -0.326 e. The normalized spacial score (nSPS) is 14.5. The van der Waals surface area contributed by atoms with Crippen LogP contribution in [0.15, 0.2) is 0 Å². The summed E-state index contributed by atoms with van der Waals surface area (Å²) in [4.78, 5) is 1.87. The number of nitrogens with zero attached hydrogens (tertiary/aromatic N) is 4. The molecule has 0 rings (SSSR count). The van der Waals surface area contributed by atoms with Crippen molar-refractivity contribution in [3.63, 3.8) is 0 Å². The molecule has 0 heterocycles. The van der Waals surface area contributed by atoms with E-state index in [1.165, 1.54) is 0 Å². The van der Waals surface area contributed by atoms with Crippen molar-refractivity contribution < 1.29 is 84.5 Å². The van der Waals surface area contributed by atoms with Gasteiger partial charge in [-0.3, -0.25) is 10.5 Å². The number of sulfonamides is 2. The van der Waals surface area contributed by atoms with E-state index < -0.39 is 81.2 Å². The van der Waals surface area contributed by atoms with Crippen LogP contribution in [0.2, 0.25) is 0 Å². The number of rotatable bonds is 20. The molecular formula is C25H49F12N4O6S2+. The molecule has 0 saturated carbocycles. The lowest BCUT2D eigenvalue weighted by molar-refractivity contribution is -0.906. The molecule has 0 atom stereocenters. The Morgan fingerprint density at radius 3 is 1.10 bits per heavy atom. The third kappa shape index (κ3) is 12.2. The molecule has 0 aromatic rings. The Balaban J connectivity index is -0.000000822. The van der Waals surface area contributed by atoms with Crippen LogP contribution in [0.25, 0.3) is 0 Å². The van der Waals surface area contributed by atoms with E-state index in [4.69, 9.17) is 10.5 Å². The molecule has 2 N–H and O–H groups in total. The van der Waals surface area contributed by atoms with Gasteiger partial charge >= 0.3 is 34.2 Å². The predicted octanol–water partition coefficient (Wildman–Crippen LogP) is 5.89. The highest BCUT2D eigenvalue weighted by atomic mass is 32.2. The molecule has 0 aromatic carbocycles. The highest BCUT2D eigenvalue weighted by Gasteiger charge is 2.77. The fourth-order valence-corrected chi connectivity index (χ4v) is 6.27. The number of halogens is 12. The molecular weight excluding hydrogens is 744 g/mol. The molecule has 0 aliphatic carbocycles. The van der Waals surface area contributed by atoms with Gasteiger partial charge in [-0.05, 0) is 39.9 Å².